The molecule has 1 fully saturated rings. The smallest absolute Gasteiger partial charge is 0.213 e. The van der Waals surface area contributed by atoms with Gasteiger partial charge in [-0.15, -0.1) is 24.0 Å². The van der Waals surface area contributed by atoms with Gasteiger partial charge >= 0.3 is 0 Å². The van der Waals surface area contributed by atoms with Gasteiger partial charge in [-0.2, -0.15) is 0 Å². The van der Waals surface area contributed by atoms with E-state index in [1.54, 1.807) is 0 Å². The standard InChI is InChI=1S/C17H28N4O.HI/c1-3-18-17(19-4-2)21-13-14-10-11-20-16(12-14)22-15-8-6-5-7-9-15;/h10-12,15H,3-9,13H2,1-2H3,(H2,18,19,21);1H. The zero-order valence-corrected chi connectivity index (χ0v) is 16.5. The molecule has 1 aromatic heterocycles. The van der Waals surface area contributed by atoms with Crippen molar-refractivity contribution < 1.29 is 4.74 Å². The third-order valence-corrected chi connectivity index (χ3v) is 3.75. The summed E-state index contributed by atoms with van der Waals surface area (Å²) in [7, 11) is 0. The van der Waals surface area contributed by atoms with Crippen LogP contribution in [0.4, 0.5) is 0 Å². The molecule has 1 heterocycles. The number of hydrogen-bond donors (Lipinski definition) is 2. The monoisotopic (exact) mass is 432 g/mol. The van der Waals surface area contributed by atoms with Crippen molar-refractivity contribution in [3.8, 4) is 5.88 Å². The molecule has 0 radical (unpaired) electrons. The van der Waals surface area contributed by atoms with Crippen LogP contribution in [0.1, 0.15) is 51.5 Å². The van der Waals surface area contributed by atoms with Crippen molar-refractivity contribution in [1.82, 2.24) is 15.6 Å². The second-order valence-electron chi connectivity index (χ2n) is 5.61. The van der Waals surface area contributed by atoms with Crippen LogP contribution >= 0.6 is 24.0 Å². The van der Waals surface area contributed by atoms with Gasteiger partial charge in [0.25, 0.3) is 0 Å². The number of rotatable bonds is 6. The summed E-state index contributed by atoms with van der Waals surface area (Å²) in [5.41, 5.74) is 1.12. The molecule has 0 aromatic carbocycles. The molecular formula is C17H29IN4O. The van der Waals surface area contributed by atoms with E-state index in [0.717, 1.165) is 43.3 Å². The Hall–Kier alpha value is -1.05. The van der Waals surface area contributed by atoms with E-state index in [1.165, 1.54) is 19.3 Å². The lowest BCUT2D eigenvalue weighted by atomic mass is 9.98. The Labute approximate surface area is 156 Å². The molecule has 130 valence electrons. The van der Waals surface area contributed by atoms with Crippen LogP contribution in [-0.2, 0) is 6.54 Å². The van der Waals surface area contributed by atoms with Crippen LogP contribution in [0.3, 0.4) is 0 Å². The van der Waals surface area contributed by atoms with Gasteiger partial charge < -0.3 is 15.4 Å². The van der Waals surface area contributed by atoms with Crippen molar-refractivity contribution >= 4 is 29.9 Å². The summed E-state index contributed by atoms with van der Waals surface area (Å²) in [5.74, 6) is 1.57. The van der Waals surface area contributed by atoms with Crippen molar-refractivity contribution in [2.45, 2.75) is 58.6 Å². The molecule has 1 aliphatic rings. The van der Waals surface area contributed by atoms with Crippen molar-refractivity contribution in [2.75, 3.05) is 13.1 Å². The average molecular weight is 432 g/mol. The van der Waals surface area contributed by atoms with Gasteiger partial charge in [0.15, 0.2) is 5.96 Å². The van der Waals surface area contributed by atoms with E-state index in [4.69, 9.17) is 4.74 Å². The molecule has 5 nitrogen and oxygen atoms in total. The first-order valence-corrected chi connectivity index (χ1v) is 8.45. The number of pyridine rings is 1. The number of ether oxygens (including phenoxy) is 1. The highest BCUT2D eigenvalue weighted by Crippen LogP contribution is 2.22. The molecule has 0 saturated heterocycles. The quantitative estimate of drug-likeness (QED) is 0.411. The summed E-state index contributed by atoms with van der Waals surface area (Å²) >= 11 is 0. The van der Waals surface area contributed by atoms with Crippen molar-refractivity contribution in [2.24, 2.45) is 4.99 Å². The number of aromatic nitrogens is 1. The highest BCUT2D eigenvalue weighted by Gasteiger charge is 2.15. The van der Waals surface area contributed by atoms with Crippen LogP contribution < -0.4 is 15.4 Å². The maximum Gasteiger partial charge on any atom is 0.213 e. The maximum atomic E-state index is 6.01. The molecule has 0 bridgehead atoms. The molecule has 0 atom stereocenters. The Morgan fingerprint density at radius 1 is 1.22 bits per heavy atom. The molecule has 2 N–H and O–H groups in total. The van der Waals surface area contributed by atoms with E-state index in [9.17, 15) is 0 Å². The van der Waals surface area contributed by atoms with Gasteiger partial charge in [0.05, 0.1) is 6.54 Å². The van der Waals surface area contributed by atoms with Crippen molar-refractivity contribution in [1.29, 1.82) is 0 Å². The minimum Gasteiger partial charge on any atom is -0.474 e. The minimum atomic E-state index is 0. The second-order valence-corrected chi connectivity index (χ2v) is 5.61. The van der Waals surface area contributed by atoms with Gasteiger partial charge in [0, 0.05) is 25.4 Å². The normalized spacial score (nSPS) is 14.5. The lowest BCUT2D eigenvalue weighted by Gasteiger charge is -2.22. The fraction of sp³-hybridized carbons (Fsp3) is 0.647. The Morgan fingerprint density at radius 3 is 2.57 bits per heavy atom. The minimum absolute atomic E-state index is 0. The van der Waals surface area contributed by atoms with E-state index in [0.29, 0.717) is 12.6 Å². The van der Waals surface area contributed by atoms with E-state index in [-0.39, 0.29) is 24.0 Å². The van der Waals surface area contributed by atoms with Gasteiger partial charge in [-0.25, -0.2) is 9.98 Å². The topological polar surface area (TPSA) is 58.5 Å². The van der Waals surface area contributed by atoms with Gasteiger partial charge in [-0.1, -0.05) is 6.42 Å². The van der Waals surface area contributed by atoms with Crippen LogP contribution in [0.25, 0.3) is 0 Å². The van der Waals surface area contributed by atoms with Gasteiger partial charge in [0.1, 0.15) is 6.10 Å². The molecule has 1 saturated carbocycles. The average Bonchev–Trinajstić information content (AvgIpc) is 2.54. The highest BCUT2D eigenvalue weighted by atomic mass is 127. The molecule has 1 aliphatic carbocycles. The predicted octanol–water partition coefficient (Wildman–Crippen LogP) is 3.49. The summed E-state index contributed by atoms with van der Waals surface area (Å²) in [5, 5.41) is 6.45. The largest absolute Gasteiger partial charge is 0.474 e. The number of nitrogens with one attached hydrogen (secondary N) is 2. The number of guanidine groups is 1. The van der Waals surface area contributed by atoms with E-state index in [2.05, 4.69) is 34.5 Å². The highest BCUT2D eigenvalue weighted by molar-refractivity contribution is 14.0. The van der Waals surface area contributed by atoms with Crippen LogP contribution in [0, 0.1) is 0 Å². The first-order valence-electron chi connectivity index (χ1n) is 8.45. The molecule has 0 aliphatic heterocycles. The van der Waals surface area contributed by atoms with Crippen LogP contribution in [0.15, 0.2) is 23.3 Å². The Kier molecular flexibility index (Phi) is 9.98. The van der Waals surface area contributed by atoms with Crippen LogP contribution in [0.5, 0.6) is 5.88 Å². The Bertz CT molecular complexity index is 467. The number of halogens is 1. The zero-order chi connectivity index (χ0) is 15.6. The Morgan fingerprint density at radius 2 is 1.91 bits per heavy atom. The fourth-order valence-electron chi connectivity index (χ4n) is 2.65. The van der Waals surface area contributed by atoms with Gasteiger partial charge in [-0.3, -0.25) is 0 Å². The summed E-state index contributed by atoms with van der Waals surface area (Å²) in [6.45, 7) is 6.47. The van der Waals surface area contributed by atoms with E-state index in [1.807, 2.05) is 18.3 Å². The van der Waals surface area contributed by atoms with Crippen molar-refractivity contribution in [3.63, 3.8) is 0 Å². The first-order chi connectivity index (χ1) is 10.8. The molecule has 6 heteroatoms. The fourth-order valence-corrected chi connectivity index (χ4v) is 2.65. The Balaban J connectivity index is 0.00000264. The molecule has 0 amide bonds. The van der Waals surface area contributed by atoms with Crippen molar-refractivity contribution in [3.05, 3.63) is 23.9 Å². The molecular weight excluding hydrogens is 403 g/mol. The molecule has 2 rings (SSSR count). The lowest BCUT2D eigenvalue weighted by molar-refractivity contribution is 0.148. The van der Waals surface area contributed by atoms with Gasteiger partial charge in [-0.05, 0) is 51.2 Å². The number of aliphatic imine (C=N–C) groups is 1. The predicted molar refractivity (Wildman–Crippen MR) is 106 cm³/mol. The van der Waals surface area contributed by atoms with Crippen LogP contribution in [-0.4, -0.2) is 30.1 Å². The lowest BCUT2D eigenvalue weighted by Crippen LogP contribution is -2.36. The van der Waals surface area contributed by atoms with Gasteiger partial charge in [0.2, 0.25) is 5.88 Å². The van der Waals surface area contributed by atoms with E-state index >= 15 is 0 Å². The second kappa shape index (κ2) is 11.5. The molecule has 0 unspecified atom stereocenters. The molecule has 1 aromatic rings. The summed E-state index contributed by atoms with van der Waals surface area (Å²) in [6, 6.07) is 4.00. The summed E-state index contributed by atoms with van der Waals surface area (Å²) in [4.78, 5) is 8.90. The molecule has 23 heavy (non-hydrogen) atoms. The maximum absolute atomic E-state index is 6.01. The van der Waals surface area contributed by atoms with E-state index < -0.39 is 0 Å². The van der Waals surface area contributed by atoms with Crippen LogP contribution in [0.2, 0.25) is 0 Å². The summed E-state index contributed by atoms with van der Waals surface area (Å²) in [6.07, 6.45) is 8.30. The first kappa shape index (κ1) is 20.0. The molecule has 0 spiro atoms. The number of hydrogen-bond acceptors (Lipinski definition) is 3. The zero-order valence-electron chi connectivity index (χ0n) is 14.2. The third kappa shape index (κ3) is 7.37. The number of nitrogens with zero attached hydrogens (tertiary/aromatic N) is 2. The summed E-state index contributed by atoms with van der Waals surface area (Å²) < 4.78 is 6.01. The third-order valence-electron chi connectivity index (χ3n) is 3.75. The SMILES string of the molecule is CCNC(=NCc1ccnc(OC2CCCCC2)c1)NCC.I.